The first-order chi connectivity index (χ1) is 4.86. The number of benzene rings is 1. The number of hydrogen-bond acceptors (Lipinski definition) is 0. The van der Waals surface area contributed by atoms with E-state index in [4.69, 9.17) is 0 Å². The van der Waals surface area contributed by atoms with Crippen LogP contribution >= 0.6 is 0 Å². The molecule has 0 fully saturated rings. The molecule has 2 rings (SSSR count). The average molecular weight is 216 g/mol. The van der Waals surface area contributed by atoms with E-state index < -0.39 is 0 Å². The van der Waals surface area contributed by atoms with Crippen LogP contribution in [0.15, 0.2) is 30.5 Å². The molecule has 0 saturated carbocycles. The molecule has 0 saturated heterocycles. The SMILES string of the molecule is Cc1ccc2[n-]ccc2c1.[Rb+]. The minimum Gasteiger partial charge on any atom is -0.664 e. The van der Waals surface area contributed by atoms with Crippen molar-refractivity contribution < 1.29 is 58.2 Å². The summed E-state index contributed by atoms with van der Waals surface area (Å²) in [6.45, 7) is 2.09. The smallest absolute Gasteiger partial charge is 0.664 e. The second-order valence-electron chi connectivity index (χ2n) is 2.51. The molecule has 0 aliphatic carbocycles. The van der Waals surface area contributed by atoms with Gasteiger partial charge in [-0.3, -0.25) is 0 Å². The minimum absolute atomic E-state index is 0. The van der Waals surface area contributed by atoms with Crippen molar-refractivity contribution in [1.82, 2.24) is 4.98 Å². The van der Waals surface area contributed by atoms with E-state index in [1.54, 1.807) is 0 Å². The molecule has 1 aromatic carbocycles. The zero-order valence-corrected chi connectivity index (χ0v) is 11.8. The molecule has 0 radical (unpaired) electrons. The maximum atomic E-state index is 4.16. The van der Waals surface area contributed by atoms with Crippen molar-refractivity contribution in [3.8, 4) is 0 Å². The molecule has 0 atom stereocenters. The summed E-state index contributed by atoms with van der Waals surface area (Å²) in [4.78, 5) is 4.16. The van der Waals surface area contributed by atoms with Crippen molar-refractivity contribution in [2.45, 2.75) is 6.92 Å². The molecule has 0 aliphatic heterocycles. The number of hydrogen-bond donors (Lipinski definition) is 0. The van der Waals surface area contributed by atoms with Crippen LogP contribution < -0.4 is 63.2 Å². The van der Waals surface area contributed by atoms with E-state index >= 15 is 0 Å². The number of fused-ring (bicyclic) bond motifs is 1. The monoisotopic (exact) mass is 215 g/mol. The zero-order chi connectivity index (χ0) is 6.97. The van der Waals surface area contributed by atoms with E-state index in [-0.39, 0.29) is 58.2 Å². The quantitative estimate of drug-likeness (QED) is 0.556. The third-order valence-corrected chi connectivity index (χ3v) is 1.65. The maximum Gasteiger partial charge on any atom is 1.00 e. The predicted molar refractivity (Wildman–Crippen MR) is 42.0 cm³/mol. The van der Waals surface area contributed by atoms with Gasteiger partial charge in [0.15, 0.2) is 0 Å². The number of aryl methyl sites for hydroxylation is 1. The van der Waals surface area contributed by atoms with Crippen molar-refractivity contribution in [2.24, 2.45) is 0 Å². The second kappa shape index (κ2) is 3.99. The largest absolute Gasteiger partial charge is 1.00 e. The molecule has 0 N–H and O–H groups in total. The second-order valence-corrected chi connectivity index (χ2v) is 2.51. The summed E-state index contributed by atoms with van der Waals surface area (Å²) in [6, 6.07) is 8.30. The summed E-state index contributed by atoms with van der Waals surface area (Å²) < 4.78 is 0. The van der Waals surface area contributed by atoms with Gasteiger partial charge in [0, 0.05) is 0 Å². The first kappa shape index (κ1) is 9.65. The van der Waals surface area contributed by atoms with Crippen LogP contribution in [0, 0.1) is 6.92 Å². The number of nitrogens with zero attached hydrogens (tertiary/aromatic N) is 1. The van der Waals surface area contributed by atoms with Crippen LogP contribution in [-0.4, -0.2) is 0 Å². The van der Waals surface area contributed by atoms with E-state index in [2.05, 4.69) is 24.0 Å². The molecular formula is C9H8NRb. The van der Waals surface area contributed by atoms with E-state index in [1.807, 2.05) is 18.3 Å². The van der Waals surface area contributed by atoms with Crippen molar-refractivity contribution in [1.29, 1.82) is 0 Å². The maximum absolute atomic E-state index is 4.16. The van der Waals surface area contributed by atoms with Gasteiger partial charge in [0.05, 0.1) is 0 Å². The van der Waals surface area contributed by atoms with Gasteiger partial charge in [-0.1, -0.05) is 29.8 Å². The zero-order valence-electron chi connectivity index (χ0n) is 6.83. The first-order valence-electron chi connectivity index (χ1n) is 3.34. The number of aromatic nitrogens is 1. The van der Waals surface area contributed by atoms with Crippen LogP contribution in [0.25, 0.3) is 10.9 Å². The Balaban J connectivity index is 0.000000605. The predicted octanol–water partition coefficient (Wildman–Crippen LogP) is -0.891. The summed E-state index contributed by atoms with van der Waals surface area (Å²) in [5.41, 5.74) is 2.38. The molecule has 1 nitrogen and oxygen atoms in total. The fourth-order valence-corrected chi connectivity index (χ4v) is 1.12. The van der Waals surface area contributed by atoms with Crippen LogP contribution in [0.4, 0.5) is 0 Å². The Bertz CT molecular complexity index is 351. The van der Waals surface area contributed by atoms with Crippen molar-refractivity contribution in [2.75, 3.05) is 0 Å². The van der Waals surface area contributed by atoms with Crippen molar-refractivity contribution in [3.63, 3.8) is 0 Å². The molecule has 1 heterocycles. The van der Waals surface area contributed by atoms with Gasteiger partial charge in [-0.15, -0.1) is 5.52 Å². The Kier molecular flexibility index (Phi) is 3.50. The molecule has 1 aromatic heterocycles. The summed E-state index contributed by atoms with van der Waals surface area (Å²) in [5, 5.41) is 1.24. The van der Waals surface area contributed by atoms with Crippen LogP contribution in [0.3, 0.4) is 0 Å². The van der Waals surface area contributed by atoms with Gasteiger partial charge >= 0.3 is 58.2 Å². The Morgan fingerprint density at radius 2 is 2.00 bits per heavy atom. The van der Waals surface area contributed by atoms with E-state index in [0.717, 1.165) is 5.52 Å². The van der Waals surface area contributed by atoms with Crippen LogP contribution in [0.2, 0.25) is 0 Å². The van der Waals surface area contributed by atoms with Gasteiger partial charge in [-0.2, -0.15) is 6.20 Å². The average Bonchev–Trinajstić information content (AvgIpc) is 2.33. The molecular weight excluding hydrogens is 208 g/mol. The molecule has 11 heavy (non-hydrogen) atoms. The molecule has 0 bridgehead atoms. The van der Waals surface area contributed by atoms with Gasteiger partial charge in [-0.05, 0) is 12.3 Å². The van der Waals surface area contributed by atoms with E-state index in [1.165, 1.54) is 10.9 Å². The Morgan fingerprint density at radius 1 is 1.18 bits per heavy atom. The molecule has 0 amide bonds. The molecule has 0 unspecified atom stereocenters. The summed E-state index contributed by atoms with van der Waals surface area (Å²) in [6.07, 6.45) is 1.84. The number of rotatable bonds is 0. The minimum atomic E-state index is 0. The standard InChI is InChI=1S/C9H8N.Rb/c1-7-2-3-9-8(6-7)4-5-10-9;/h2-6H,1H3;/q-1;+1. The van der Waals surface area contributed by atoms with Crippen molar-refractivity contribution >= 4 is 10.9 Å². The van der Waals surface area contributed by atoms with Crippen LogP contribution in [0.1, 0.15) is 5.56 Å². The molecule has 2 aromatic rings. The fourth-order valence-electron chi connectivity index (χ4n) is 1.12. The summed E-state index contributed by atoms with van der Waals surface area (Å²) in [5.74, 6) is 0. The molecule has 0 spiro atoms. The molecule has 50 valence electrons. The summed E-state index contributed by atoms with van der Waals surface area (Å²) >= 11 is 0. The normalized spacial score (nSPS) is 9.55. The summed E-state index contributed by atoms with van der Waals surface area (Å²) in [7, 11) is 0. The van der Waals surface area contributed by atoms with Gasteiger partial charge < -0.3 is 4.98 Å². The first-order valence-corrected chi connectivity index (χ1v) is 3.34. The Hall–Kier alpha value is 0.565. The Labute approximate surface area is 115 Å². The topological polar surface area (TPSA) is 14.1 Å². The molecule has 2 heteroatoms. The van der Waals surface area contributed by atoms with Crippen molar-refractivity contribution in [3.05, 3.63) is 36.0 Å². The van der Waals surface area contributed by atoms with E-state index in [9.17, 15) is 0 Å². The van der Waals surface area contributed by atoms with Gasteiger partial charge in [0.1, 0.15) is 0 Å². The third-order valence-electron chi connectivity index (χ3n) is 1.65. The van der Waals surface area contributed by atoms with Gasteiger partial charge in [-0.25, -0.2) is 0 Å². The Morgan fingerprint density at radius 3 is 2.82 bits per heavy atom. The van der Waals surface area contributed by atoms with Crippen LogP contribution in [0.5, 0.6) is 0 Å². The van der Waals surface area contributed by atoms with Gasteiger partial charge in [0.2, 0.25) is 0 Å². The molecule has 0 aliphatic rings. The third kappa shape index (κ3) is 2.02. The van der Waals surface area contributed by atoms with E-state index in [0.29, 0.717) is 0 Å². The fraction of sp³-hybridized carbons (Fsp3) is 0.111. The van der Waals surface area contributed by atoms with Gasteiger partial charge in [0.25, 0.3) is 0 Å². The van der Waals surface area contributed by atoms with Crippen LogP contribution in [-0.2, 0) is 0 Å².